The van der Waals surface area contributed by atoms with Crippen molar-refractivity contribution < 1.29 is 42.9 Å². The Labute approximate surface area is 196 Å². The molecule has 0 bridgehead atoms. The van der Waals surface area contributed by atoms with Crippen LogP contribution in [-0.4, -0.2) is 67.7 Å². The van der Waals surface area contributed by atoms with E-state index < -0.39 is 54.5 Å². The van der Waals surface area contributed by atoms with Gasteiger partial charge < -0.3 is 29.0 Å². The molecule has 1 aliphatic rings. The van der Waals surface area contributed by atoms with Crippen LogP contribution in [0.2, 0.25) is 0 Å². The van der Waals surface area contributed by atoms with Crippen molar-refractivity contribution in [1.82, 2.24) is 5.32 Å². The Bertz CT molecular complexity index is 639. The summed E-state index contributed by atoms with van der Waals surface area (Å²) >= 11 is 0. The van der Waals surface area contributed by atoms with Gasteiger partial charge in [0.05, 0.1) is 0 Å². The van der Waals surface area contributed by atoms with Gasteiger partial charge >= 0.3 is 17.9 Å². The monoisotopic (exact) mass is 473 g/mol. The molecule has 5 unspecified atom stereocenters. The third-order valence-corrected chi connectivity index (χ3v) is 5.10. The zero-order chi connectivity index (χ0) is 24.8. The molecule has 1 N–H and O–H groups in total. The van der Waals surface area contributed by atoms with Crippen LogP contribution in [0.1, 0.15) is 79.6 Å². The average Bonchev–Trinajstić information content (AvgIpc) is 2.71. The number of unbranched alkanes of at least 4 members (excludes halogenated alkanes) is 6. The van der Waals surface area contributed by atoms with Crippen molar-refractivity contribution >= 4 is 23.8 Å². The van der Waals surface area contributed by atoms with Crippen LogP contribution in [0, 0.1) is 0 Å². The summed E-state index contributed by atoms with van der Waals surface area (Å²) in [6.45, 7) is 7.25. The minimum atomic E-state index is -1.11. The first kappa shape index (κ1) is 28.8. The Balaban J connectivity index is 2.95. The van der Waals surface area contributed by atoms with Crippen LogP contribution in [-0.2, 0) is 42.9 Å². The van der Waals surface area contributed by atoms with Gasteiger partial charge in [-0.1, -0.05) is 45.4 Å². The molecule has 1 saturated heterocycles. The molecule has 5 atom stereocenters. The van der Waals surface area contributed by atoms with E-state index >= 15 is 0 Å². The highest BCUT2D eigenvalue weighted by atomic mass is 16.7. The Hall–Kier alpha value is -2.20. The largest absolute Gasteiger partial charge is 0.463 e. The Morgan fingerprint density at radius 3 is 1.91 bits per heavy atom. The van der Waals surface area contributed by atoms with Crippen LogP contribution in [0.25, 0.3) is 0 Å². The number of carbonyl (C=O) groups excluding carboxylic acids is 4. The molecule has 0 aromatic carbocycles. The second kappa shape index (κ2) is 15.6. The summed E-state index contributed by atoms with van der Waals surface area (Å²) in [7, 11) is 0. The normalized spacial score (nSPS) is 24.6. The van der Waals surface area contributed by atoms with Gasteiger partial charge in [-0.3, -0.25) is 19.2 Å². The number of carbonyl (C=O) groups is 4. The molecule has 33 heavy (non-hydrogen) atoms. The molecule has 1 rings (SSSR count). The molecule has 0 aromatic rings. The SMILES string of the molecule is CCCCCCCCCOC1OC(COC(C)=O)C(OC(C)=O)C(OC(C)=O)C1NC(C)=O. The zero-order valence-electron chi connectivity index (χ0n) is 20.4. The van der Waals surface area contributed by atoms with E-state index in [0.29, 0.717) is 6.61 Å². The van der Waals surface area contributed by atoms with Gasteiger partial charge in [-0.25, -0.2) is 0 Å². The summed E-state index contributed by atoms with van der Waals surface area (Å²) in [4.78, 5) is 46.8. The van der Waals surface area contributed by atoms with Crippen molar-refractivity contribution in [2.24, 2.45) is 0 Å². The predicted octanol–water partition coefficient (Wildman–Crippen LogP) is 2.41. The van der Waals surface area contributed by atoms with Crippen LogP contribution in [0.3, 0.4) is 0 Å². The number of esters is 3. The maximum absolute atomic E-state index is 11.9. The van der Waals surface area contributed by atoms with Gasteiger partial charge in [0.15, 0.2) is 18.5 Å². The fourth-order valence-electron chi connectivity index (χ4n) is 3.69. The highest BCUT2D eigenvalue weighted by molar-refractivity contribution is 5.73. The molecule has 0 aliphatic carbocycles. The lowest BCUT2D eigenvalue weighted by molar-refractivity contribution is -0.277. The smallest absolute Gasteiger partial charge is 0.303 e. The van der Waals surface area contributed by atoms with E-state index in [1.54, 1.807) is 0 Å². The molecule has 190 valence electrons. The molecule has 1 heterocycles. The summed E-state index contributed by atoms with van der Waals surface area (Å²) in [6.07, 6.45) is 3.54. The van der Waals surface area contributed by atoms with Crippen LogP contribution in [0.5, 0.6) is 0 Å². The molecule has 1 fully saturated rings. The highest BCUT2D eigenvalue weighted by Gasteiger charge is 2.51. The van der Waals surface area contributed by atoms with E-state index in [1.807, 2.05) is 0 Å². The standard InChI is InChI=1S/C23H39NO9/c1-6-7-8-9-10-11-12-13-29-23-20(24-15(2)25)22(32-18(5)28)21(31-17(4)27)19(33-23)14-30-16(3)26/h19-23H,6-14H2,1-5H3,(H,24,25). The van der Waals surface area contributed by atoms with Gasteiger partial charge in [-0.2, -0.15) is 0 Å². The first-order valence-corrected chi connectivity index (χ1v) is 11.7. The van der Waals surface area contributed by atoms with Crippen molar-refractivity contribution in [3.05, 3.63) is 0 Å². The van der Waals surface area contributed by atoms with E-state index in [9.17, 15) is 19.2 Å². The summed E-state index contributed by atoms with van der Waals surface area (Å²) < 4.78 is 27.7. The maximum Gasteiger partial charge on any atom is 0.303 e. The Morgan fingerprint density at radius 2 is 1.36 bits per heavy atom. The predicted molar refractivity (Wildman–Crippen MR) is 118 cm³/mol. The zero-order valence-corrected chi connectivity index (χ0v) is 20.4. The van der Waals surface area contributed by atoms with Crippen molar-refractivity contribution in [2.75, 3.05) is 13.2 Å². The van der Waals surface area contributed by atoms with E-state index in [2.05, 4.69) is 12.2 Å². The van der Waals surface area contributed by atoms with Crippen molar-refractivity contribution in [1.29, 1.82) is 0 Å². The van der Waals surface area contributed by atoms with E-state index in [-0.39, 0.29) is 6.61 Å². The van der Waals surface area contributed by atoms with Crippen LogP contribution >= 0.6 is 0 Å². The van der Waals surface area contributed by atoms with Crippen molar-refractivity contribution in [3.8, 4) is 0 Å². The quantitative estimate of drug-likeness (QED) is 0.230. The second-order valence-corrected chi connectivity index (χ2v) is 8.21. The van der Waals surface area contributed by atoms with E-state index in [0.717, 1.165) is 19.3 Å². The lowest BCUT2D eigenvalue weighted by Crippen LogP contribution is -2.66. The summed E-state index contributed by atoms with van der Waals surface area (Å²) in [5.41, 5.74) is 0. The molecule has 1 amide bonds. The first-order valence-electron chi connectivity index (χ1n) is 11.7. The highest BCUT2D eigenvalue weighted by Crippen LogP contribution is 2.28. The lowest BCUT2D eigenvalue weighted by atomic mass is 9.96. The number of amides is 1. The van der Waals surface area contributed by atoms with Gasteiger partial charge in [-0.15, -0.1) is 0 Å². The van der Waals surface area contributed by atoms with Crippen LogP contribution in [0.4, 0.5) is 0 Å². The van der Waals surface area contributed by atoms with Gasteiger partial charge in [0.25, 0.3) is 0 Å². The molecule has 0 aromatic heterocycles. The topological polar surface area (TPSA) is 126 Å². The second-order valence-electron chi connectivity index (χ2n) is 8.21. The fraction of sp³-hybridized carbons (Fsp3) is 0.826. The minimum Gasteiger partial charge on any atom is -0.463 e. The molecular weight excluding hydrogens is 434 g/mol. The van der Waals surface area contributed by atoms with Crippen molar-refractivity contribution in [2.45, 2.75) is 110 Å². The summed E-state index contributed by atoms with van der Waals surface area (Å²) in [6, 6.07) is -0.922. The minimum absolute atomic E-state index is 0.241. The van der Waals surface area contributed by atoms with Gasteiger partial charge in [0.2, 0.25) is 5.91 Å². The fourth-order valence-corrected chi connectivity index (χ4v) is 3.69. The number of nitrogens with one attached hydrogen (secondary N) is 1. The molecule has 1 aliphatic heterocycles. The molecule has 0 spiro atoms. The molecule has 10 heteroatoms. The number of hydrogen-bond acceptors (Lipinski definition) is 9. The van der Waals surface area contributed by atoms with Gasteiger partial charge in [-0.05, 0) is 6.42 Å². The molecule has 0 radical (unpaired) electrons. The lowest BCUT2D eigenvalue weighted by Gasteiger charge is -2.44. The number of ether oxygens (including phenoxy) is 5. The van der Waals surface area contributed by atoms with E-state index in [1.165, 1.54) is 53.4 Å². The maximum atomic E-state index is 11.9. The van der Waals surface area contributed by atoms with E-state index in [4.69, 9.17) is 23.7 Å². The Morgan fingerprint density at radius 1 is 0.788 bits per heavy atom. The first-order chi connectivity index (χ1) is 15.6. The van der Waals surface area contributed by atoms with Gasteiger partial charge in [0.1, 0.15) is 18.8 Å². The average molecular weight is 474 g/mol. The Kier molecular flexibility index (Phi) is 13.6. The van der Waals surface area contributed by atoms with Crippen LogP contribution < -0.4 is 5.32 Å². The van der Waals surface area contributed by atoms with Crippen molar-refractivity contribution in [3.63, 3.8) is 0 Å². The third kappa shape index (κ3) is 11.5. The molecular formula is C23H39NO9. The van der Waals surface area contributed by atoms with Gasteiger partial charge in [0, 0.05) is 34.3 Å². The third-order valence-electron chi connectivity index (χ3n) is 5.10. The molecule has 0 saturated carbocycles. The number of hydrogen-bond donors (Lipinski definition) is 1. The summed E-state index contributed by atoms with van der Waals surface area (Å²) in [5, 5.41) is 2.69. The molecule has 10 nitrogen and oxygen atoms in total. The summed E-state index contributed by atoms with van der Waals surface area (Å²) in [5.74, 6) is -2.22. The number of rotatable bonds is 14. The van der Waals surface area contributed by atoms with Crippen LogP contribution in [0.15, 0.2) is 0 Å².